The van der Waals surface area contributed by atoms with Crippen LogP contribution in [0.4, 0.5) is 5.69 Å². The topological polar surface area (TPSA) is 52.9 Å². The summed E-state index contributed by atoms with van der Waals surface area (Å²) in [6, 6.07) is 5.84. The molecule has 2 rings (SSSR count). The normalized spacial score (nSPS) is 18.8. The summed E-state index contributed by atoms with van der Waals surface area (Å²) in [7, 11) is -1.42. The van der Waals surface area contributed by atoms with Crippen LogP contribution in [0.1, 0.15) is 42.4 Å². The fourth-order valence-corrected chi connectivity index (χ4v) is 7.23. The van der Waals surface area contributed by atoms with Gasteiger partial charge in [-0.25, -0.2) is 0 Å². The summed E-state index contributed by atoms with van der Waals surface area (Å²) < 4.78 is 0. The number of aryl methyl sites for hydroxylation is 2. The van der Waals surface area contributed by atoms with E-state index in [4.69, 9.17) is 5.26 Å². The van der Waals surface area contributed by atoms with Crippen molar-refractivity contribution in [3.05, 3.63) is 28.8 Å². The van der Waals surface area contributed by atoms with Gasteiger partial charge in [0.05, 0.1) is 0 Å². The first-order chi connectivity index (χ1) is 10.4. The van der Waals surface area contributed by atoms with Crippen molar-refractivity contribution < 1.29 is 4.79 Å². The average Bonchev–Trinajstić information content (AvgIpc) is 2.67. The Morgan fingerprint density at radius 1 is 1.18 bits per heavy atom. The Morgan fingerprint density at radius 2 is 1.73 bits per heavy atom. The summed E-state index contributed by atoms with van der Waals surface area (Å²) in [5.41, 5.74) is 3.48. The number of hydrogen-bond acceptors (Lipinski definition) is 2. The molecule has 0 bridgehead atoms. The number of carbonyl (C=O) groups is 1. The molecule has 0 spiro atoms. The van der Waals surface area contributed by atoms with Crippen molar-refractivity contribution in [1.82, 2.24) is 0 Å². The van der Waals surface area contributed by atoms with Gasteiger partial charge >= 0.3 is 134 Å². The van der Waals surface area contributed by atoms with Crippen molar-refractivity contribution in [2.45, 2.75) is 39.5 Å². The first-order valence-electron chi connectivity index (χ1n) is 8.25. The van der Waals surface area contributed by atoms with E-state index < -0.39 is 7.26 Å². The molecule has 1 amide bonds. The third-order valence-electron chi connectivity index (χ3n) is 4.82. The van der Waals surface area contributed by atoms with Crippen LogP contribution in [-0.4, -0.2) is 31.1 Å². The zero-order chi connectivity index (χ0) is 16.2. The van der Waals surface area contributed by atoms with Crippen LogP contribution in [0.5, 0.6) is 0 Å². The number of rotatable bonds is 3. The first kappa shape index (κ1) is 17.0. The van der Waals surface area contributed by atoms with Gasteiger partial charge in [-0.3, -0.25) is 0 Å². The van der Waals surface area contributed by atoms with Crippen LogP contribution in [0.25, 0.3) is 0 Å². The minimum atomic E-state index is -1.42. The fourth-order valence-electron chi connectivity index (χ4n) is 3.56. The van der Waals surface area contributed by atoms with Gasteiger partial charge in [-0.1, -0.05) is 0 Å². The second-order valence-corrected chi connectivity index (χ2v) is 12.0. The van der Waals surface area contributed by atoms with Crippen LogP contribution in [0.3, 0.4) is 0 Å². The minimum absolute atomic E-state index is 0.159. The molecule has 0 aliphatic carbocycles. The third-order valence-corrected chi connectivity index (χ3v) is 9.12. The summed E-state index contributed by atoms with van der Waals surface area (Å²) in [5.74, 6) is 0.159. The summed E-state index contributed by atoms with van der Waals surface area (Å²) in [6.45, 7) is 6.29. The van der Waals surface area contributed by atoms with Gasteiger partial charge in [-0.15, -0.1) is 0 Å². The molecule has 0 atom stereocenters. The average molecular weight is 318 g/mol. The van der Waals surface area contributed by atoms with E-state index in [-0.39, 0.29) is 5.91 Å². The zero-order valence-electron chi connectivity index (χ0n) is 14.0. The van der Waals surface area contributed by atoms with E-state index in [0.717, 1.165) is 23.0 Å². The first-order valence-corrected chi connectivity index (χ1v) is 11.4. The van der Waals surface area contributed by atoms with Gasteiger partial charge in [0.15, 0.2) is 0 Å². The molecule has 22 heavy (non-hydrogen) atoms. The number of hydrogen-bond donors (Lipinski definition) is 1. The van der Waals surface area contributed by atoms with Crippen molar-refractivity contribution in [3.63, 3.8) is 0 Å². The molecule has 0 saturated carbocycles. The molecule has 1 aromatic carbocycles. The Bertz CT molecular complexity index is 573. The van der Waals surface area contributed by atoms with Crippen molar-refractivity contribution in [2.24, 2.45) is 0 Å². The van der Waals surface area contributed by atoms with Crippen molar-refractivity contribution in [2.75, 3.05) is 30.5 Å². The van der Waals surface area contributed by atoms with E-state index in [1.165, 1.54) is 38.0 Å². The summed E-state index contributed by atoms with van der Waals surface area (Å²) in [5, 5.41) is 12.1. The number of carbonyl (C=O) groups excluding carboxylic acids is 1. The molecule has 1 aliphatic heterocycles. The number of nitrogens with one attached hydrogen (secondary N) is 1. The van der Waals surface area contributed by atoms with Crippen LogP contribution in [0.15, 0.2) is 12.1 Å². The van der Waals surface area contributed by atoms with E-state index in [9.17, 15) is 4.79 Å². The molecular weight excluding hydrogens is 291 g/mol. The fraction of sp³-hybridized carbons (Fsp3) is 0.556. The number of nitrogens with zero attached hydrogens (tertiary/aromatic N) is 1. The van der Waals surface area contributed by atoms with E-state index in [1.54, 1.807) is 0 Å². The monoisotopic (exact) mass is 318 g/mol. The van der Waals surface area contributed by atoms with Gasteiger partial charge < -0.3 is 0 Å². The van der Waals surface area contributed by atoms with Crippen LogP contribution in [-0.2, 0) is 4.79 Å². The molecule has 0 unspecified atom stereocenters. The van der Waals surface area contributed by atoms with E-state index in [0.29, 0.717) is 5.56 Å². The van der Waals surface area contributed by atoms with Gasteiger partial charge in [0.2, 0.25) is 0 Å². The SMILES string of the molecule is Cc1cc(C#N)cc(C)c1NC(=O)C[PH]1(C)CCCCCC1. The van der Waals surface area contributed by atoms with Gasteiger partial charge in [0.25, 0.3) is 0 Å². The maximum atomic E-state index is 12.5. The standard InChI is InChI=1S/C18H27N2OP/c1-14-10-16(12-19)11-15(2)18(14)20-17(21)13-22(3)8-6-4-5-7-9-22/h10-11,22H,4-9,13H2,1-3H3,(H,20,21). The molecule has 0 radical (unpaired) electrons. The Balaban J connectivity index is 2.07. The Labute approximate surface area is 134 Å². The van der Waals surface area contributed by atoms with Crippen LogP contribution >= 0.6 is 7.26 Å². The Morgan fingerprint density at radius 3 is 2.23 bits per heavy atom. The number of amides is 1. The molecule has 4 heteroatoms. The quantitative estimate of drug-likeness (QED) is 0.854. The van der Waals surface area contributed by atoms with E-state index in [1.807, 2.05) is 26.0 Å². The second-order valence-electron chi connectivity index (χ2n) is 7.05. The Kier molecular flexibility index (Phi) is 5.59. The van der Waals surface area contributed by atoms with Gasteiger partial charge in [0.1, 0.15) is 0 Å². The van der Waals surface area contributed by atoms with Crippen LogP contribution in [0, 0.1) is 25.2 Å². The van der Waals surface area contributed by atoms with Gasteiger partial charge in [-0.2, -0.15) is 0 Å². The van der Waals surface area contributed by atoms with Crippen molar-refractivity contribution in [1.29, 1.82) is 5.26 Å². The van der Waals surface area contributed by atoms with Crippen LogP contribution < -0.4 is 5.32 Å². The maximum absolute atomic E-state index is 12.5. The van der Waals surface area contributed by atoms with Crippen molar-refractivity contribution in [3.8, 4) is 6.07 Å². The van der Waals surface area contributed by atoms with Crippen molar-refractivity contribution >= 4 is 18.9 Å². The molecule has 120 valence electrons. The number of nitriles is 1. The molecular formula is C18H27N2OP. The second kappa shape index (κ2) is 7.25. The Hall–Kier alpha value is -1.39. The summed E-state index contributed by atoms with van der Waals surface area (Å²) in [4.78, 5) is 12.5. The molecule has 1 saturated heterocycles. The number of benzene rings is 1. The summed E-state index contributed by atoms with van der Waals surface area (Å²) in [6.07, 6.45) is 8.55. The molecule has 1 N–H and O–H groups in total. The molecule has 3 nitrogen and oxygen atoms in total. The van der Waals surface area contributed by atoms with E-state index in [2.05, 4.69) is 18.1 Å². The molecule has 0 aromatic heterocycles. The van der Waals surface area contributed by atoms with Crippen LogP contribution in [0.2, 0.25) is 0 Å². The molecule has 1 aliphatic rings. The van der Waals surface area contributed by atoms with Gasteiger partial charge in [-0.05, 0) is 0 Å². The molecule has 1 heterocycles. The van der Waals surface area contributed by atoms with Gasteiger partial charge in [0, 0.05) is 0 Å². The summed E-state index contributed by atoms with van der Waals surface area (Å²) >= 11 is 0. The molecule has 1 aromatic rings. The third kappa shape index (κ3) is 4.31. The predicted octanol–water partition coefficient (Wildman–Crippen LogP) is 4.07. The molecule has 1 fully saturated rings. The van der Waals surface area contributed by atoms with E-state index >= 15 is 0 Å². The number of anilines is 1. The predicted molar refractivity (Wildman–Crippen MR) is 96.6 cm³/mol. The zero-order valence-corrected chi connectivity index (χ0v) is 15.0.